The molecule has 0 unspecified atom stereocenters. The Morgan fingerprint density at radius 3 is 2.57 bits per heavy atom. The van der Waals surface area contributed by atoms with Gasteiger partial charge in [0.25, 0.3) is 5.91 Å². The SMILES string of the molecule is COc1c(CN2O[C@@H](CO)[C@@H]([C@H](C)O)[C@H]2OCN[C@H]2C[C@H]3C[C@@H]([C@@H]2C)C3(C)C)cccc1-c1cc(C(=O)N2CCC[C@H]2C(=O)O)cc(N(C)C)c1. The first-order valence-electron chi connectivity index (χ1n) is 18.4. The number of amides is 1. The molecule has 2 heterocycles. The predicted octanol–water partition coefficient (Wildman–Crippen LogP) is 4.18. The van der Waals surface area contributed by atoms with E-state index < -0.39 is 36.4 Å². The highest BCUT2D eigenvalue weighted by Crippen LogP contribution is 2.61. The average molecular weight is 709 g/mol. The van der Waals surface area contributed by atoms with Crippen LogP contribution in [-0.4, -0.2) is 109 Å². The highest BCUT2D eigenvalue weighted by atomic mass is 16.7. The minimum Gasteiger partial charge on any atom is -0.496 e. The van der Waals surface area contributed by atoms with E-state index in [0.29, 0.717) is 59.9 Å². The van der Waals surface area contributed by atoms with Crippen molar-refractivity contribution < 1.29 is 39.2 Å². The van der Waals surface area contributed by atoms with Gasteiger partial charge >= 0.3 is 5.97 Å². The van der Waals surface area contributed by atoms with Crippen LogP contribution in [0.3, 0.4) is 0 Å². The largest absolute Gasteiger partial charge is 0.496 e. The van der Waals surface area contributed by atoms with Crippen LogP contribution in [0.25, 0.3) is 11.1 Å². The van der Waals surface area contributed by atoms with Gasteiger partial charge in [0, 0.05) is 49.1 Å². The number of ether oxygens (including phenoxy) is 2. The first kappa shape index (κ1) is 37.5. The van der Waals surface area contributed by atoms with E-state index in [1.54, 1.807) is 31.2 Å². The Morgan fingerprint density at radius 2 is 1.94 bits per heavy atom. The molecule has 7 rings (SSSR count). The maximum absolute atomic E-state index is 13.7. The minimum atomic E-state index is -0.994. The number of anilines is 1. The third-order valence-corrected chi connectivity index (χ3v) is 12.4. The lowest BCUT2D eigenvalue weighted by molar-refractivity contribution is -0.227. The maximum atomic E-state index is 13.7. The van der Waals surface area contributed by atoms with Crippen molar-refractivity contribution >= 4 is 17.6 Å². The molecule has 9 atom stereocenters. The van der Waals surface area contributed by atoms with E-state index in [4.69, 9.17) is 14.3 Å². The van der Waals surface area contributed by atoms with Crippen molar-refractivity contribution in [2.24, 2.45) is 29.1 Å². The predicted molar refractivity (Wildman–Crippen MR) is 193 cm³/mol. The van der Waals surface area contributed by atoms with Crippen LogP contribution in [0.15, 0.2) is 36.4 Å². The van der Waals surface area contributed by atoms with Crippen LogP contribution in [0, 0.1) is 29.1 Å². The summed E-state index contributed by atoms with van der Waals surface area (Å²) in [6.07, 6.45) is 1.39. The standard InChI is InChI=1S/C39H56N4O8/c1-22-30-17-27(39(30,3)4)18-31(22)40-21-50-37-34(23(2)45)33(20-44)51-43(37)19-24-10-8-11-29(35(24)49-7)25-14-26(16-28(15-25)41(5)6)36(46)42-13-9-12-32(42)38(47)48/h8,10-11,14-16,22-23,27,30-34,37,40,44-45H,9,12-13,17-21H2,1-7H3,(H,47,48)/t22-,23-,27+,30-,31-,32-,33-,34+,37+/m0/s1. The van der Waals surface area contributed by atoms with Gasteiger partial charge in [-0.2, -0.15) is 5.06 Å². The molecule has 2 aliphatic heterocycles. The van der Waals surface area contributed by atoms with Crippen molar-refractivity contribution in [1.82, 2.24) is 15.3 Å². The second kappa shape index (κ2) is 15.0. The molecule has 51 heavy (non-hydrogen) atoms. The Morgan fingerprint density at radius 1 is 1.18 bits per heavy atom. The number of hydroxylamine groups is 2. The monoisotopic (exact) mass is 708 g/mol. The summed E-state index contributed by atoms with van der Waals surface area (Å²) in [5.41, 5.74) is 3.86. The molecule has 5 fully saturated rings. The van der Waals surface area contributed by atoms with Crippen LogP contribution >= 0.6 is 0 Å². The number of hydrogen-bond acceptors (Lipinski definition) is 10. The lowest BCUT2D eigenvalue weighted by Gasteiger charge is -2.62. The molecule has 0 spiro atoms. The summed E-state index contributed by atoms with van der Waals surface area (Å²) in [6, 6.07) is 10.8. The van der Waals surface area contributed by atoms with Gasteiger partial charge in [0.2, 0.25) is 0 Å². The zero-order valence-corrected chi connectivity index (χ0v) is 31.0. The Hall–Kier alpha value is -3.26. The topological polar surface area (TPSA) is 144 Å². The van der Waals surface area contributed by atoms with Crippen LogP contribution in [0.1, 0.15) is 69.3 Å². The van der Waals surface area contributed by atoms with Crippen LogP contribution in [0.4, 0.5) is 5.69 Å². The average Bonchev–Trinajstić information content (AvgIpc) is 3.73. The molecule has 2 saturated heterocycles. The summed E-state index contributed by atoms with van der Waals surface area (Å²) in [6.45, 7) is 9.44. The number of nitrogens with zero attached hydrogens (tertiary/aromatic N) is 3. The summed E-state index contributed by atoms with van der Waals surface area (Å²) in [5, 5.41) is 36.2. The van der Waals surface area contributed by atoms with Crippen LogP contribution in [0.5, 0.6) is 5.75 Å². The van der Waals surface area contributed by atoms with Crippen molar-refractivity contribution in [2.45, 2.75) is 90.4 Å². The second-order valence-electron chi connectivity index (χ2n) is 15.8. The molecule has 0 aromatic heterocycles. The van der Waals surface area contributed by atoms with E-state index in [1.165, 1.54) is 11.3 Å². The first-order valence-corrected chi connectivity index (χ1v) is 18.4. The number of carboxylic acid groups (broad SMARTS) is 1. The van der Waals surface area contributed by atoms with E-state index in [-0.39, 0.29) is 25.8 Å². The van der Waals surface area contributed by atoms with Gasteiger partial charge < -0.3 is 34.6 Å². The van der Waals surface area contributed by atoms with E-state index in [9.17, 15) is 24.9 Å². The molecule has 3 saturated carbocycles. The summed E-state index contributed by atoms with van der Waals surface area (Å²) < 4.78 is 12.5. The van der Waals surface area contributed by atoms with Gasteiger partial charge in [0.15, 0.2) is 0 Å². The van der Waals surface area contributed by atoms with Crippen LogP contribution < -0.4 is 15.0 Å². The van der Waals surface area contributed by atoms with Crippen molar-refractivity contribution in [3.05, 3.63) is 47.5 Å². The summed E-state index contributed by atoms with van der Waals surface area (Å²) in [7, 11) is 5.39. The fourth-order valence-corrected chi connectivity index (χ4v) is 9.29. The second-order valence-corrected chi connectivity index (χ2v) is 15.8. The van der Waals surface area contributed by atoms with E-state index in [2.05, 4.69) is 26.1 Å². The fraction of sp³-hybridized carbons (Fsp3) is 0.641. The number of aliphatic hydroxyl groups is 2. The van der Waals surface area contributed by atoms with E-state index in [0.717, 1.165) is 28.8 Å². The molecule has 1 amide bonds. The Bertz CT molecular complexity index is 1580. The van der Waals surface area contributed by atoms with Gasteiger partial charge in [-0.25, -0.2) is 4.79 Å². The highest BCUT2D eigenvalue weighted by molar-refractivity contribution is 5.99. The zero-order chi connectivity index (χ0) is 36.8. The molecule has 2 aromatic rings. The van der Waals surface area contributed by atoms with E-state index in [1.807, 2.05) is 43.3 Å². The smallest absolute Gasteiger partial charge is 0.326 e. The van der Waals surface area contributed by atoms with Crippen molar-refractivity contribution in [3.8, 4) is 16.9 Å². The lowest BCUT2D eigenvalue weighted by atomic mass is 9.45. The molecule has 4 N–H and O–H groups in total. The number of para-hydroxylation sites is 1. The number of methoxy groups -OCH3 is 1. The fourth-order valence-electron chi connectivity index (χ4n) is 9.29. The number of hydrogen-bond donors (Lipinski definition) is 4. The summed E-state index contributed by atoms with van der Waals surface area (Å²) in [4.78, 5) is 35.2. The molecule has 0 radical (unpaired) electrons. The number of carbonyl (C=O) groups excluding carboxylic acids is 1. The molecule has 12 nitrogen and oxygen atoms in total. The molecular weight excluding hydrogens is 652 g/mol. The summed E-state index contributed by atoms with van der Waals surface area (Å²) in [5.74, 6) is 0.709. The van der Waals surface area contributed by atoms with Crippen LogP contribution in [0.2, 0.25) is 0 Å². The Labute approximate surface area is 301 Å². The molecule has 2 bridgehead atoms. The number of fused-ring (bicyclic) bond motifs is 2. The third kappa shape index (κ3) is 7.11. The lowest BCUT2D eigenvalue weighted by Crippen LogP contribution is -2.60. The van der Waals surface area contributed by atoms with E-state index >= 15 is 0 Å². The van der Waals surface area contributed by atoms with Gasteiger partial charge in [-0.15, -0.1) is 0 Å². The highest BCUT2D eigenvalue weighted by Gasteiger charge is 2.56. The van der Waals surface area contributed by atoms with Gasteiger partial charge in [0.05, 0.1) is 39.0 Å². The first-order chi connectivity index (χ1) is 24.3. The summed E-state index contributed by atoms with van der Waals surface area (Å²) >= 11 is 0. The number of rotatable bonds is 13. The molecule has 280 valence electrons. The number of carbonyl (C=O) groups is 2. The number of aliphatic hydroxyl groups excluding tert-OH is 2. The van der Waals surface area contributed by atoms with Gasteiger partial charge in [-0.3, -0.25) is 14.9 Å². The number of benzene rings is 2. The molecule has 3 aliphatic carbocycles. The van der Waals surface area contributed by atoms with Crippen molar-refractivity contribution in [3.63, 3.8) is 0 Å². The maximum Gasteiger partial charge on any atom is 0.326 e. The normalized spacial score (nSPS) is 30.6. The van der Waals surface area contributed by atoms with Gasteiger partial charge in [-0.1, -0.05) is 39.0 Å². The van der Waals surface area contributed by atoms with Crippen LogP contribution in [-0.2, 0) is 20.9 Å². The molecule has 2 aromatic carbocycles. The number of likely N-dealkylation sites (tertiary alicyclic amines) is 1. The molecule has 12 heteroatoms. The quantitative estimate of drug-likeness (QED) is 0.223. The Kier molecular flexibility index (Phi) is 11.0. The molecular formula is C39H56N4O8. The zero-order valence-electron chi connectivity index (χ0n) is 31.0. The number of aliphatic carboxylic acids is 1. The van der Waals surface area contributed by atoms with Gasteiger partial charge in [0.1, 0.15) is 24.1 Å². The van der Waals surface area contributed by atoms with Gasteiger partial charge in [-0.05, 0) is 79.5 Å². The Balaban J connectivity index is 1.25. The third-order valence-electron chi connectivity index (χ3n) is 12.4. The minimum absolute atomic E-state index is 0.243. The number of carboxylic acids is 1. The van der Waals surface area contributed by atoms with Crippen molar-refractivity contribution in [2.75, 3.05) is 46.0 Å². The molecule has 5 aliphatic rings. The number of nitrogens with one attached hydrogen (secondary N) is 1. The van der Waals surface area contributed by atoms with Crippen molar-refractivity contribution in [1.29, 1.82) is 0 Å².